The maximum Gasteiger partial charge on any atom is 0.320 e. The summed E-state index contributed by atoms with van der Waals surface area (Å²) >= 11 is 0. The normalized spacial score (nSPS) is 20.7. The molecule has 0 spiro atoms. The van der Waals surface area contributed by atoms with E-state index in [9.17, 15) is 4.79 Å². The number of morpholine rings is 1. The third kappa shape index (κ3) is 2.18. The minimum absolute atomic E-state index is 0.0980. The molecule has 0 N–H and O–H groups in total. The fourth-order valence-corrected chi connectivity index (χ4v) is 1.55. The number of carbonyl (C=O) groups excluding carboxylic acids is 1. The van der Waals surface area contributed by atoms with Gasteiger partial charge in [-0.25, -0.2) is 4.79 Å². The minimum atomic E-state index is -0.182. The van der Waals surface area contributed by atoms with Gasteiger partial charge in [-0.3, -0.25) is 0 Å². The average molecular weight is 200 g/mol. The molecule has 1 aliphatic rings. The van der Waals surface area contributed by atoms with Crippen LogP contribution in [0.1, 0.15) is 20.8 Å². The summed E-state index contributed by atoms with van der Waals surface area (Å²) in [4.78, 5) is 15.6. The number of carbonyl (C=O) groups is 1. The number of hydrogen-bond acceptors (Lipinski definition) is 2. The van der Waals surface area contributed by atoms with Crippen molar-refractivity contribution >= 4 is 6.03 Å². The SMILES string of the molecule is CCN(C)C(=O)N1CCOCC1(C)C. The van der Waals surface area contributed by atoms with Crippen molar-refractivity contribution in [1.82, 2.24) is 9.80 Å². The number of hydrogen-bond donors (Lipinski definition) is 0. The Bertz CT molecular complexity index is 216. The second-order valence-electron chi connectivity index (χ2n) is 4.31. The van der Waals surface area contributed by atoms with Crippen molar-refractivity contribution in [2.45, 2.75) is 26.3 Å². The zero-order valence-electron chi connectivity index (χ0n) is 9.54. The largest absolute Gasteiger partial charge is 0.377 e. The fourth-order valence-electron chi connectivity index (χ4n) is 1.55. The molecule has 4 heteroatoms. The van der Waals surface area contributed by atoms with E-state index in [0.717, 1.165) is 6.54 Å². The van der Waals surface area contributed by atoms with Crippen LogP contribution in [-0.2, 0) is 4.74 Å². The second kappa shape index (κ2) is 4.17. The summed E-state index contributed by atoms with van der Waals surface area (Å²) < 4.78 is 5.37. The Labute approximate surface area is 85.8 Å². The third-order valence-electron chi connectivity index (χ3n) is 2.68. The molecule has 0 aromatic rings. The van der Waals surface area contributed by atoms with E-state index in [-0.39, 0.29) is 11.6 Å². The summed E-state index contributed by atoms with van der Waals surface area (Å²) in [6, 6.07) is 0.0980. The lowest BCUT2D eigenvalue weighted by atomic mass is 10.0. The van der Waals surface area contributed by atoms with E-state index in [1.807, 2.05) is 32.7 Å². The first-order valence-electron chi connectivity index (χ1n) is 5.09. The van der Waals surface area contributed by atoms with Gasteiger partial charge in [0.1, 0.15) is 0 Å². The molecule has 2 amide bonds. The lowest BCUT2D eigenvalue weighted by Crippen LogP contribution is -2.58. The van der Waals surface area contributed by atoms with Gasteiger partial charge in [-0.2, -0.15) is 0 Å². The van der Waals surface area contributed by atoms with Crippen LogP contribution in [0.4, 0.5) is 4.79 Å². The van der Waals surface area contributed by atoms with Crippen molar-refractivity contribution in [1.29, 1.82) is 0 Å². The van der Waals surface area contributed by atoms with Crippen molar-refractivity contribution in [2.75, 3.05) is 33.4 Å². The van der Waals surface area contributed by atoms with Crippen molar-refractivity contribution in [2.24, 2.45) is 0 Å². The lowest BCUT2D eigenvalue weighted by Gasteiger charge is -2.43. The van der Waals surface area contributed by atoms with Crippen LogP contribution in [0.5, 0.6) is 0 Å². The molecule has 1 fully saturated rings. The van der Waals surface area contributed by atoms with Gasteiger partial charge in [-0.05, 0) is 20.8 Å². The standard InChI is InChI=1S/C10H20N2O2/c1-5-11(4)9(13)12-6-7-14-8-10(12,2)3/h5-8H2,1-4H3. The smallest absolute Gasteiger partial charge is 0.320 e. The van der Waals surface area contributed by atoms with Crippen LogP contribution in [-0.4, -0.2) is 54.7 Å². The van der Waals surface area contributed by atoms with Gasteiger partial charge in [0.25, 0.3) is 0 Å². The summed E-state index contributed by atoms with van der Waals surface area (Å²) in [6.45, 7) is 8.75. The number of rotatable bonds is 1. The molecule has 0 aromatic heterocycles. The Morgan fingerprint density at radius 3 is 2.71 bits per heavy atom. The minimum Gasteiger partial charge on any atom is -0.377 e. The van der Waals surface area contributed by atoms with Crippen molar-refractivity contribution in [3.05, 3.63) is 0 Å². The van der Waals surface area contributed by atoms with Crippen LogP contribution in [0, 0.1) is 0 Å². The molecule has 0 aromatic carbocycles. The van der Waals surface area contributed by atoms with E-state index in [2.05, 4.69) is 0 Å². The molecule has 1 rings (SSSR count). The van der Waals surface area contributed by atoms with Crippen molar-refractivity contribution in [3.8, 4) is 0 Å². The van der Waals surface area contributed by atoms with Crippen LogP contribution in [0.3, 0.4) is 0 Å². The number of amides is 2. The van der Waals surface area contributed by atoms with Crippen LogP contribution >= 0.6 is 0 Å². The topological polar surface area (TPSA) is 32.8 Å². The second-order valence-corrected chi connectivity index (χ2v) is 4.31. The molecule has 14 heavy (non-hydrogen) atoms. The van der Waals surface area contributed by atoms with E-state index in [1.165, 1.54) is 0 Å². The quantitative estimate of drug-likeness (QED) is 0.636. The first-order chi connectivity index (χ1) is 6.49. The summed E-state index contributed by atoms with van der Waals surface area (Å²) in [5.41, 5.74) is -0.182. The molecule has 1 aliphatic heterocycles. The Kier molecular flexibility index (Phi) is 3.37. The molecule has 0 saturated carbocycles. The molecule has 0 atom stereocenters. The summed E-state index contributed by atoms with van der Waals surface area (Å²) in [5, 5.41) is 0. The molecule has 0 unspecified atom stereocenters. The molecular weight excluding hydrogens is 180 g/mol. The van der Waals surface area contributed by atoms with Gasteiger partial charge >= 0.3 is 6.03 Å². The predicted octanol–water partition coefficient (Wildman–Crippen LogP) is 1.17. The number of urea groups is 1. The molecule has 0 radical (unpaired) electrons. The first-order valence-corrected chi connectivity index (χ1v) is 5.09. The summed E-state index contributed by atoms with van der Waals surface area (Å²) in [5.74, 6) is 0. The van der Waals surface area contributed by atoms with Gasteiger partial charge in [0.05, 0.1) is 18.8 Å². The highest BCUT2D eigenvalue weighted by molar-refractivity contribution is 5.75. The molecule has 82 valence electrons. The highest BCUT2D eigenvalue weighted by atomic mass is 16.5. The molecule has 0 bridgehead atoms. The highest BCUT2D eigenvalue weighted by Gasteiger charge is 2.35. The van der Waals surface area contributed by atoms with Gasteiger partial charge in [0.15, 0.2) is 0 Å². The Morgan fingerprint density at radius 1 is 1.57 bits per heavy atom. The maximum atomic E-state index is 11.9. The molecular formula is C10H20N2O2. The van der Waals surface area contributed by atoms with E-state index >= 15 is 0 Å². The van der Waals surface area contributed by atoms with E-state index in [4.69, 9.17) is 4.74 Å². The molecule has 0 aliphatic carbocycles. The van der Waals surface area contributed by atoms with Crippen molar-refractivity contribution < 1.29 is 9.53 Å². The van der Waals surface area contributed by atoms with Gasteiger partial charge in [-0.15, -0.1) is 0 Å². The molecule has 1 heterocycles. The lowest BCUT2D eigenvalue weighted by molar-refractivity contribution is -0.0336. The maximum absolute atomic E-state index is 11.9. The third-order valence-corrected chi connectivity index (χ3v) is 2.68. The van der Waals surface area contributed by atoms with Gasteiger partial charge in [-0.1, -0.05) is 0 Å². The Hall–Kier alpha value is -0.770. The van der Waals surface area contributed by atoms with E-state index in [0.29, 0.717) is 19.8 Å². The average Bonchev–Trinajstić information content (AvgIpc) is 2.15. The van der Waals surface area contributed by atoms with Crippen LogP contribution in [0.2, 0.25) is 0 Å². The monoisotopic (exact) mass is 200 g/mol. The van der Waals surface area contributed by atoms with Gasteiger partial charge < -0.3 is 14.5 Å². The Morgan fingerprint density at radius 2 is 2.21 bits per heavy atom. The first kappa shape index (κ1) is 11.3. The predicted molar refractivity (Wildman–Crippen MR) is 55.3 cm³/mol. The number of ether oxygens (including phenoxy) is 1. The zero-order chi connectivity index (χ0) is 10.8. The van der Waals surface area contributed by atoms with Crippen molar-refractivity contribution in [3.63, 3.8) is 0 Å². The summed E-state index contributed by atoms with van der Waals surface area (Å²) in [7, 11) is 1.83. The van der Waals surface area contributed by atoms with E-state index in [1.54, 1.807) is 4.90 Å². The van der Waals surface area contributed by atoms with Crippen LogP contribution in [0.25, 0.3) is 0 Å². The van der Waals surface area contributed by atoms with E-state index < -0.39 is 0 Å². The number of nitrogens with zero attached hydrogens (tertiary/aromatic N) is 2. The van der Waals surface area contributed by atoms with Crippen LogP contribution < -0.4 is 0 Å². The fraction of sp³-hybridized carbons (Fsp3) is 0.900. The van der Waals surface area contributed by atoms with Gasteiger partial charge in [0.2, 0.25) is 0 Å². The molecule has 4 nitrogen and oxygen atoms in total. The summed E-state index contributed by atoms with van der Waals surface area (Å²) in [6.07, 6.45) is 0. The van der Waals surface area contributed by atoms with Gasteiger partial charge in [0, 0.05) is 20.1 Å². The highest BCUT2D eigenvalue weighted by Crippen LogP contribution is 2.20. The van der Waals surface area contributed by atoms with Crippen LogP contribution in [0.15, 0.2) is 0 Å². The Balaban J connectivity index is 2.69. The zero-order valence-corrected chi connectivity index (χ0v) is 9.54. The molecule has 1 saturated heterocycles.